The molecule has 1 aromatic carbocycles. The third-order valence-corrected chi connectivity index (χ3v) is 4.77. The monoisotopic (exact) mass is 444 g/mol. The summed E-state index contributed by atoms with van der Waals surface area (Å²) in [7, 11) is 0. The van der Waals surface area contributed by atoms with Crippen LogP contribution >= 0.6 is 38.5 Å². The average Bonchev–Trinajstić information content (AvgIpc) is 2.43. The summed E-state index contributed by atoms with van der Waals surface area (Å²) in [5.41, 5.74) is 3.74. The number of nitrogens with zero attached hydrogens (tertiary/aromatic N) is 1. The molecule has 1 unspecified atom stereocenters. The van der Waals surface area contributed by atoms with Crippen molar-refractivity contribution in [2.24, 2.45) is 0 Å². The van der Waals surface area contributed by atoms with Gasteiger partial charge in [-0.2, -0.15) is 0 Å². The normalized spacial score (nSPS) is 12.4. The average molecular weight is 445 g/mol. The van der Waals surface area contributed by atoms with Gasteiger partial charge < -0.3 is 5.32 Å². The minimum Gasteiger partial charge on any atom is -0.310 e. The van der Waals surface area contributed by atoms with Crippen LogP contribution in [0.3, 0.4) is 0 Å². The Kier molecular flexibility index (Phi) is 5.99. The first-order valence-corrected chi connectivity index (χ1v) is 8.57. The molecule has 0 radical (unpaired) electrons. The van der Waals surface area contributed by atoms with E-state index in [4.69, 9.17) is 0 Å². The summed E-state index contributed by atoms with van der Waals surface area (Å²) >= 11 is 5.97. The van der Waals surface area contributed by atoms with E-state index < -0.39 is 0 Å². The van der Waals surface area contributed by atoms with E-state index in [-0.39, 0.29) is 6.04 Å². The fourth-order valence-corrected chi connectivity index (χ4v) is 3.34. The lowest BCUT2D eigenvalue weighted by Gasteiger charge is -2.20. The van der Waals surface area contributed by atoms with E-state index in [0.717, 1.165) is 23.1 Å². The number of hydrogen-bond acceptors (Lipinski definition) is 2. The molecule has 0 aliphatic heterocycles. The Morgan fingerprint density at radius 2 is 2.15 bits per heavy atom. The fourth-order valence-electron chi connectivity index (χ4n) is 2.25. The Balaban J connectivity index is 2.32. The van der Waals surface area contributed by atoms with Crippen molar-refractivity contribution in [1.29, 1.82) is 0 Å². The molecule has 0 amide bonds. The van der Waals surface area contributed by atoms with Crippen molar-refractivity contribution in [3.8, 4) is 0 Å². The zero-order valence-corrected chi connectivity index (χ0v) is 15.4. The molecule has 1 aromatic heterocycles. The summed E-state index contributed by atoms with van der Waals surface area (Å²) in [6.07, 6.45) is 2.78. The third-order valence-electron chi connectivity index (χ3n) is 3.30. The minimum atomic E-state index is 0.290. The lowest BCUT2D eigenvalue weighted by atomic mass is 9.99. The summed E-state index contributed by atoms with van der Waals surface area (Å²) in [6.45, 7) is 5.21. The van der Waals surface area contributed by atoms with Gasteiger partial charge in [0.05, 0.1) is 0 Å². The summed E-state index contributed by atoms with van der Waals surface area (Å²) in [5, 5.41) is 3.58. The number of pyridine rings is 1. The fraction of sp³-hybridized carbons (Fsp3) is 0.312. The summed E-state index contributed by atoms with van der Waals surface area (Å²) in [6, 6.07) is 10.8. The Hall–Kier alpha value is -0.460. The van der Waals surface area contributed by atoms with Crippen molar-refractivity contribution in [2.75, 3.05) is 6.54 Å². The zero-order valence-electron chi connectivity index (χ0n) is 11.7. The molecule has 1 atom stereocenters. The summed E-state index contributed by atoms with van der Waals surface area (Å²) in [4.78, 5) is 4.52. The maximum Gasteiger partial charge on any atom is 0.0451 e. The number of halogens is 2. The molecule has 0 bridgehead atoms. The van der Waals surface area contributed by atoms with Crippen LogP contribution < -0.4 is 5.32 Å². The zero-order chi connectivity index (χ0) is 14.5. The third kappa shape index (κ3) is 4.02. The van der Waals surface area contributed by atoms with Gasteiger partial charge in [-0.3, -0.25) is 4.98 Å². The van der Waals surface area contributed by atoms with E-state index in [0.29, 0.717) is 0 Å². The molecule has 0 fully saturated rings. The Bertz CT molecular complexity index is 586. The van der Waals surface area contributed by atoms with Crippen molar-refractivity contribution in [3.05, 3.63) is 61.4 Å². The molecule has 0 spiro atoms. The SMILES string of the molecule is CCNC(Cc1ncccc1C)c1cc(Br)ccc1I. The highest BCUT2D eigenvalue weighted by Gasteiger charge is 2.16. The van der Waals surface area contributed by atoms with Crippen molar-refractivity contribution in [3.63, 3.8) is 0 Å². The first kappa shape index (κ1) is 15.9. The summed E-state index contributed by atoms with van der Waals surface area (Å²) < 4.78 is 2.40. The highest BCUT2D eigenvalue weighted by Crippen LogP contribution is 2.27. The molecule has 2 rings (SSSR count). The van der Waals surface area contributed by atoms with Crippen molar-refractivity contribution < 1.29 is 0 Å². The number of aryl methyl sites for hydroxylation is 1. The first-order valence-electron chi connectivity index (χ1n) is 6.70. The number of hydrogen-bond donors (Lipinski definition) is 1. The van der Waals surface area contributed by atoms with Crippen molar-refractivity contribution >= 4 is 38.5 Å². The molecular formula is C16H18BrIN2. The molecule has 20 heavy (non-hydrogen) atoms. The maximum absolute atomic E-state index is 4.52. The van der Waals surface area contributed by atoms with E-state index in [2.05, 4.69) is 86.9 Å². The second-order valence-electron chi connectivity index (χ2n) is 4.75. The van der Waals surface area contributed by atoms with E-state index >= 15 is 0 Å². The van der Waals surface area contributed by atoms with Gasteiger partial charge in [-0.1, -0.05) is 28.9 Å². The Morgan fingerprint density at radius 1 is 1.35 bits per heavy atom. The standard InChI is InChI=1S/C16H18BrIN2/c1-3-19-16(10-15-11(2)5-4-8-20-15)13-9-12(17)6-7-14(13)18/h4-9,16,19H,3,10H2,1-2H3. The number of rotatable bonds is 5. The van der Waals surface area contributed by atoms with Crippen LogP contribution in [0.2, 0.25) is 0 Å². The van der Waals surface area contributed by atoms with E-state index in [1.807, 2.05) is 12.3 Å². The van der Waals surface area contributed by atoms with Crippen LogP contribution in [0.15, 0.2) is 41.0 Å². The van der Waals surface area contributed by atoms with Gasteiger partial charge >= 0.3 is 0 Å². The molecule has 1 heterocycles. The molecular weight excluding hydrogens is 427 g/mol. The molecule has 4 heteroatoms. The topological polar surface area (TPSA) is 24.9 Å². The van der Waals surface area contributed by atoms with Crippen LogP contribution in [0.4, 0.5) is 0 Å². The van der Waals surface area contributed by atoms with Gasteiger partial charge in [-0.05, 0) is 71.5 Å². The Labute approximate surface area is 142 Å². The Morgan fingerprint density at radius 3 is 2.85 bits per heavy atom. The predicted molar refractivity (Wildman–Crippen MR) is 96.0 cm³/mol. The van der Waals surface area contributed by atoms with Gasteiger partial charge in [0.1, 0.15) is 0 Å². The molecule has 0 saturated heterocycles. The van der Waals surface area contributed by atoms with Gasteiger partial charge in [0, 0.05) is 32.4 Å². The molecule has 2 aromatic rings. The molecule has 0 aliphatic rings. The van der Waals surface area contributed by atoms with Crippen LogP contribution in [0.5, 0.6) is 0 Å². The van der Waals surface area contributed by atoms with E-state index in [1.54, 1.807) is 0 Å². The van der Waals surface area contributed by atoms with Crippen LogP contribution in [-0.2, 0) is 6.42 Å². The van der Waals surface area contributed by atoms with Gasteiger partial charge in [0.2, 0.25) is 0 Å². The van der Waals surface area contributed by atoms with Crippen molar-refractivity contribution in [2.45, 2.75) is 26.3 Å². The lowest BCUT2D eigenvalue weighted by Crippen LogP contribution is -2.24. The summed E-state index contributed by atoms with van der Waals surface area (Å²) in [5.74, 6) is 0. The lowest BCUT2D eigenvalue weighted by molar-refractivity contribution is 0.540. The highest BCUT2D eigenvalue weighted by atomic mass is 127. The number of nitrogens with one attached hydrogen (secondary N) is 1. The minimum absolute atomic E-state index is 0.290. The van der Waals surface area contributed by atoms with E-state index in [9.17, 15) is 0 Å². The first-order chi connectivity index (χ1) is 9.61. The predicted octanol–water partition coefficient (Wildman–Crippen LogP) is 4.65. The molecule has 1 N–H and O–H groups in total. The molecule has 0 saturated carbocycles. The number of aromatic nitrogens is 1. The second kappa shape index (κ2) is 7.52. The highest BCUT2D eigenvalue weighted by molar-refractivity contribution is 14.1. The van der Waals surface area contributed by atoms with Gasteiger partial charge in [-0.15, -0.1) is 0 Å². The molecule has 106 valence electrons. The van der Waals surface area contributed by atoms with Gasteiger partial charge in [0.15, 0.2) is 0 Å². The molecule has 0 aliphatic carbocycles. The van der Waals surface area contributed by atoms with E-state index in [1.165, 1.54) is 14.7 Å². The number of likely N-dealkylation sites (N-methyl/N-ethyl adjacent to an activating group) is 1. The molecule has 2 nitrogen and oxygen atoms in total. The maximum atomic E-state index is 4.52. The smallest absolute Gasteiger partial charge is 0.0451 e. The van der Waals surface area contributed by atoms with Gasteiger partial charge in [-0.25, -0.2) is 0 Å². The number of benzene rings is 1. The largest absolute Gasteiger partial charge is 0.310 e. The van der Waals surface area contributed by atoms with Crippen LogP contribution in [0.25, 0.3) is 0 Å². The van der Waals surface area contributed by atoms with Crippen LogP contribution in [0.1, 0.15) is 29.8 Å². The quantitative estimate of drug-likeness (QED) is 0.679. The van der Waals surface area contributed by atoms with Gasteiger partial charge in [0.25, 0.3) is 0 Å². The van der Waals surface area contributed by atoms with Crippen molar-refractivity contribution in [1.82, 2.24) is 10.3 Å². The van der Waals surface area contributed by atoms with Crippen LogP contribution in [-0.4, -0.2) is 11.5 Å². The second-order valence-corrected chi connectivity index (χ2v) is 6.83. The van der Waals surface area contributed by atoms with Crippen LogP contribution in [0, 0.1) is 10.5 Å².